The lowest BCUT2D eigenvalue weighted by atomic mass is 9.98. The number of nitrogens with one attached hydrogen (secondary N) is 1. The third-order valence-corrected chi connectivity index (χ3v) is 2.97. The molecule has 0 bridgehead atoms. The number of likely N-dealkylation sites (N-methyl/N-ethyl adjacent to an activating group) is 1. The Balaban J connectivity index is 2.70. The van der Waals surface area contributed by atoms with Crippen molar-refractivity contribution < 1.29 is 9.90 Å². The molecule has 0 saturated carbocycles. The fraction of sp³-hybridized carbons (Fsp3) is 0.667. The van der Waals surface area contributed by atoms with Gasteiger partial charge >= 0.3 is 5.97 Å². The van der Waals surface area contributed by atoms with Crippen LogP contribution in [0.25, 0.3) is 0 Å². The second kappa shape index (κ2) is 5.31. The molecule has 1 unspecified atom stereocenters. The van der Waals surface area contributed by atoms with E-state index in [0.717, 1.165) is 11.4 Å². The predicted molar refractivity (Wildman–Crippen MR) is 66.0 cm³/mol. The van der Waals surface area contributed by atoms with Crippen molar-refractivity contribution in [3.8, 4) is 0 Å². The van der Waals surface area contributed by atoms with Gasteiger partial charge in [0.15, 0.2) is 0 Å². The molecule has 17 heavy (non-hydrogen) atoms. The minimum Gasteiger partial charge on any atom is -0.480 e. The van der Waals surface area contributed by atoms with E-state index >= 15 is 0 Å². The Morgan fingerprint density at radius 2 is 2.24 bits per heavy atom. The maximum Gasteiger partial charge on any atom is 0.323 e. The molecular formula is C12H21N3O2. The predicted octanol–water partition coefficient (Wildman–Crippen LogP) is 1.34. The van der Waals surface area contributed by atoms with Crippen LogP contribution in [0.15, 0.2) is 6.07 Å². The van der Waals surface area contributed by atoms with E-state index in [9.17, 15) is 9.90 Å². The van der Waals surface area contributed by atoms with Gasteiger partial charge in [0.05, 0.1) is 5.69 Å². The van der Waals surface area contributed by atoms with E-state index < -0.39 is 11.5 Å². The van der Waals surface area contributed by atoms with Crippen LogP contribution >= 0.6 is 0 Å². The number of aryl methyl sites for hydroxylation is 3. The van der Waals surface area contributed by atoms with Gasteiger partial charge in [-0.15, -0.1) is 0 Å². The molecular weight excluding hydrogens is 218 g/mol. The molecule has 0 amide bonds. The minimum atomic E-state index is -0.888. The first-order valence-electron chi connectivity index (χ1n) is 5.88. The van der Waals surface area contributed by atoms with Gasteiger partial charge in [0, 0.05) is 12.2 Å². The van der Waals surface area contributed by atoms with Crippen LogP contribution in [0.4, 0.5) is 0 Å². The molecule has 1 rings (SSSR count). The molecule has 1 heterocycles. The average Bonchev–Trinajstić information content (AvgIpc) is 2.54. The second-order valence-electron chi connectivity index (χ2n) is 4.57. The van der Waals surface area contributed by atoms with Crippen molar-refractivity contribution >= 4 is 5.97 Å². The van der Waals surface area contributed by atoms with Crippen molar-refractivity contribution in [3.63, 3.8) is 0 Å². The summed E-state index contributed by atoms with van der Waals surface area (Å²) in [6.45, 7) is 8.78. The number of hydrogen-bond acceptors (Lipinski definition) is 3. The van der Waals surface area contributed by atoms with Crippen LogP contribution in [0.5, 0.6) is 0 Å². The van der Waals surface area contributed by atoms with Crippen LogP contribution in [0.3, 0.4) is 0 Å². The molecule has 96 valence electrons. The number of aliphatic carboxylic acids is 1. The van der Waals surface area contributed by atoms with E-state index in [0.29, 0.717) is 19.5 Å². The van der Waals surface area contributed by atoms with Gasteiger partial charge in [0.1, 0.15) is 5.54 Å². The van der Waals surface area contributed by atoms with E-state index in [2.05, 4.69) is 10.4 Å². The first kappa shape index (κ1) is 13.7. The lowest BCUT2D eigenvalue weighted by Gasteiger charge is -2.25. The van der Waals surface area contributed by atoms with Crippen molar-refractivity contribution in [3.05, 3.63) is 17.5 Å². The Labute approximate surface area is 102 Å². The summed E-state index contributed by atoms with van der Waals surface area (Å²) in [6, 6.07) is 1.99. The summed E-state index contributed by atoms with van der Waals surface area (Å²) in [5.41, 5.74) is 1.14. The molecule has 1 aromatic heterocycles. The van der Waals surface area contributed by atoms with Gasteiger partial charge in [0.2, 0.25) is 0 Å². The molecule has 2 N–H and O–H groups in total. The van der Waals surface area contributed by atoms with E-state index in [1.807, 2.05) is 31.5 Å². The Bertz CT molecular complexity index is 400. The van der Waals surface area contributed by atoms with E-state index in [-0.39, 0.29) is 0 Å². The molecule has 0 radical (unpaired) electrons. The fourth-order valence-corrected chi connectivity index (χ4v) is 1.89. The number of carboxylic acid groups (broad SMARTS) is 1. The smallest absolute Gasteiger partial charge is 0.323 e. The zero-order valence-electron chi connectivity index (χ0n) is 10.9. The molecule has 0 aromatic carbocycles. The summed E-state index contributed by atoms with van der Waals surface area (Å²) in [5, 5.41) is 16.6. The maximum absolute atomic E-state index is 11.2. The molecule has 0 aliphatic rings. The van der Waals surface area contributed by atoms with E-state index in [4.69, 9.17) is 0 Å². The van der Waals surface area contributed by atoms with Gasteiger partial charge in [-0.05, 0) is 39.8 Å². The van der Waals surface area contributed by atoms with Crippen molar-refractivity contribution in [2.75, 3.05) is 6.54 Å². The van der Waals surface area contributed by atoms with Gasteiger partial charge in [-0.1, -0.05) is 6.92 Å². The number of hydrogen-bond donors (Lipinski definition) is 2. The van der Waals surface area contributed by atoms with E-state index in [1.54, 1.807) is 6.92 Å². The van der Waals surface area contributed by atoms with Gasteiger partial charge in [-0.25, -0.2) is 0 Å². The third kappa shape index (κ3) is 3.30. The maximum atomic E-state index is 11.2. The highest BCUT2D eigenvalue weighted by Gasteiger charge is 2.31. The molecule has 1 atom stereocenters. The summed E-state index contributed by atoms with van der Waals surface area (Å²) in [5.74, 6) is -0.819. The van der Waals surface area contributed by atoms with Crippen LogP contribution in [0, 0.1) is 13.8 Å². The molecule has 5 nitrogen and oxygen atoms in total. The average molecular weight is 239 g/mol. The summed E-state index contributed by atoms with van der Waals surface area (Å²) in [6.07, 6.45) is 0.512. The number of rotatable bonds is 6. The Kier molecular flexibility index (Phi) is 4.28. The minimum absolute atomic E-state index is 0.512. The zero-order chi connectivity index (χ0) is 13.1. The normalized spacial score (nSPS) is 14.6. The van der Waals surface area contributed by atoms with Gasteiger partial charge in [-0.3, -0.25) is 9.48 Å². The fourth-order valence-electron chi connectivity index (χ4n) is 1.89. The number of carbonyl (C=O) groups is 1. The lowest BCUT2D eigenvalue weighted by Crippen LogP contribution is -2.50. The van der Waals surface area contributed by atoms with Gasteiger partial charge in [-0.2, -0.15) is 5.10 Å². The third-order valence-electron chi connectivity index (χ3n) is 2.97. The quantitative estimate of drug-likeness (QED) is 0.786. The Morgan fingerprint density at radius 3 is 2.65 bits per heavy atom. The first-order valence-corrected chi connectivity index (χ1v) is 5.88. The summed E-state index contributed by atoms with van der Waals surface area (Å²) in [4.78, 5) is 11.2. The van der Waals surface area contributed by atoms with Crippen LogP contribution < -0.4 is 5.32 Å². The molecule has 0 aliphatic carbocycles. The Morgan fingerprint density at radius 1 is 1.59 bits per heavy atom. The first-order chi connectivity index (χ1) is 7.89. The van der Waals surface area contributed by atoms with Crippen molar-refractivity contribution in [2.24, 2.45) is 0 Å². The second-order valence-corrected chi connectivity index (χ2v) is 4.57. The largest absolute Gasteiger partial charge is 0.480 e. The van der Waals surface area contributed by atoms with Crippen molar-refractivity contribution in [2.45, 2.75) is 46.2 Å². The SMILES string of the molecule is CCNC(C)(CCn1nc(C)cc1C)C(=O)O. The van der Waals surface area contributed by atoms with Crippen LogP contribution in [-0.4, -0.2) is 32.9 Å². The number of carboxylic acids is 1. The summed E-state index contributed by atoms with van der Waals surface area (Å²) in [7, 11) is 0. The van der Waals surface area contributed by atoms with Crippen molar-refractivity contribution in [1.29, 1.82) is 0 Å². The van der Waals surface area contributed by atoms with Crippen LogP contribution in [0.1, 0.15) is 31.7 Å². The monoisotopic (exact) mass is 239 g/mol. The lowest BCUT2D eigenvalue weighted by molar-refractivity contribution is -0.144. The molecule has 5 heteroatoms. The summed E-state index contributed by atoms with van der Waals surface area (Å²) < 4.78 is 1.86. The van der Waals surface area contributed by atoms with E-state index in [1.165, 1.54) is 0 Å². The molecule has 0 saturated heterocycles. The highest BCUT2D eigenvalue weighted by Crippen LogP contribution is 2.13. The molecule has 1 aromatic rings. The standard InChI is InChI=1S/C12H21N3O2/c1-5-13-12(4,11(16)17)6-7-15-10(3)8-9(2)14-15/h8,13H,5-7H2,1-4H3,(H,16,17). The molecule has 0 spiro atoms. The molecule has 0 aliphatic heterocycles. The van der Waals surface area contributed by atoms with Crippen LogP contribution in [0.2, 0.25) is 0 Å². The number of aromatic nitrogens is 2. The van der Waals surface area contributed by atoms with Crippen LogP contribution in [-0.2, 0) is 11.3 Å². The zero-order valence-corrected chi connectivity index (χ0v) is 10.9. The van der Waals surface area contributed by atoms with Gasteiger partial charge < -0.3 is 10.4 Å². The topological polar surface area (TPSA) is 67.2 Å². The van der Waals surface area contributed by atoms with Gasteiger partial charge in [0.25, 0.3) is 0 Å². The summed E-state index contributed by atoms with van der Waals surface area (Å²) >= 11 is 0. The van der Waals surface area contributed by atoms with Crippen molar-refractivity contribution in [1.82, 2.24) is 15.1 Å². The Hall–Kier alpha value is -1.36. The molecule has 0 fully saturated rings. The number of nitrogens with zero attached hydrogens (tertiary/aromatic N) is 2. The highest BCUT2D eigenvalue weighted by atomic mass is 16.4. The highest BCUT2D eigenvalue weighted by molar-refractivity contribution is 5.78.